The molecule has 0 aromatic heterocycles. The van der Waals surface area contributed by atoms with Crippen LogP contribution in [0.5, 0.6) is 0 Å². The second kappa shape index (κ2) is 4.95. The van der Waals surface area contributed by atoms with E-state index in [4.69, 9.17) is 11.6 Å². The number of nitrogens with one attached hydrogen (secondary N) is 1. The molecular formula is C14H19ClFN. The van der Waals surface area contributed by atoms with Crippen molar-refractivity contribution in [3.8, 4) is 0 Å². The van der Waals surface area contributed by atoms with Crippen molar-refractivity contribution in [3.63, 3.8) is 0 Å². The van der Waals surface area contributed by atoms with Gasteiger partial charge in [-0.1, -0.05) is 25.4 Å². The Morgan fingerprint density at radius 3 is 2.65 bits per heavy atom. The summed E-state index contributed by atoms with van der Waals surface area (Å²) in [5, 5.41) is 4.01. The molecule has 0 saturated carbocycles. The monoisotopic (exact) mass is 255 g/mol. The lowest BCUT2D eigenvalue weighted by Gasteiger charge is -2.44. The molecule has 0 amide bonds. The highest BCUT2D eigenvalue weighted by Gasteiger charge is 2.37. The van der Waals surface area contributed by atoms with Gasteiger partial charge in [0.25, 0.3) is 0 Å². The van der Waals surface area contributed by atoms with Crippen LogP contribution in [0.15, 0.2) is 18.2 Å². The molecule has 3 heteroatoms. The fraction of sp³-hybridized carbons (Fsp3) is 0.571. The van der Waals surface area contributed by atoms with Crippen LogP contribution in [0.3, 0.4) is 0 Å². The van der Waals surface area contributed by atoms with Gasteiger partial charge in [0.05, 0.1) is 0 Å². The van der Waals surface area contributed by atoms with Crippen LogP contribution < -0.4 is 5.32 Å². The minimum Gasteiger partial charge on any atom is -0.316 e. The van der Waals surface area contributed by atoms with Gasteiger partial charge in [-0.3, -0.25) is 0 Å². The van der Waals surface area contributed by atoms with Crippen molar-refractivity contribution in [3.05, 3.63) is 34.6 Å². The van der Waals surface area contributed by atoms with Crippen molar-refractivity contribution >= 4 is 11.6 Å². The van der Waals surface area contributed by atoms with Gasteiger partial charge in [0.2, 0.25) is 0 Å². The molecule has 1 aromatic carbocycles. The van der Waals surface area contributed by atoms with Gasteiger partial charge in [0.15, 0.2) is 0 Å². The summed E-state index contributed by atoms with van der Waals surface area (Å²) >= 11 is 6.13. The third-order valence-electron chi connectivity index (χ3n) is 3.41. The number of rotatable bonds is 4. The molecule has 1 heterocycles. The van der Waals surface area contributed by atoms with Crippen LogP contribution in [0.1, 0.15) is 25.8 Å². The number of hydrogen-bond acceptors (Lipinski definition) is 1. The lowest BCUT2D eigenvalue weighted by atomic mass is 9.71. The van der Waals surface area contributed by atoms with Crippen molar-refractivity contribution in [1.82, 2.24) is 5.32 Å². The molecule has 17 heavy (non-hydrogen) atoms. The van der Waals surface area contributed by atoms with Gasteiger partial charge >= 0.3 is 0 Å². The van der Waals surface area contributed by atoms with Crippen molar-refractivity contribution in [1.29, 1.82) is 0 Å². The topological polar surface area (TPSA) is 12.0 Å². The molecular weight excluding hydrogens is 237 g/mol. The first-order valence-electron chi connectivity index (χ1n) is 6.15. The highest BCUT2D eigenvalue weighted by molar-refractivity contribution is 6.31. The predicted molar refractivity (Wildman–Crippen MR) is 69.9 cm³/mol. The van der Waals surface area contributed by atoms with E-state index >= 15 is 0 Å². The Labute approximate surface area is 107 Å². The van der Waals surface area contributed by atoms with E-state index in [-0.39, 0.29) is 11.2 Å². The van der Waals surface area contributed by atoms with Crippen molar-refractivity contribution < 1.29 is 4.39 Å². The molecule has 0 atom stereocenters. The maximum Gasteiger partial charge on any atom is 0.123 e. The molecule has 0 unspecified atom stereocenters. The smallest absolute Gasteiger partial charge is 0.123 e. The number of hydrogen-bond donors (Lipinski definition) is 1. The average molecular weight is 256 g/mol. The fourth-order valence-corrected chi connectivity index (χ4v) is 2.95. The molecule has 1 aliphatic heterocycles. The Morgan fingerprint density at radius 2 is 2.12 bits per heavy atom. The summed E-state index contributed by atoms with van der Waals surface area (Å²) in [4.78, 5) is 0. The molecule has 1 aliphatic rings. The molecule has 0 spiro atoms. The second-order valence-electron chi connectivity index (χ2n) is 5.61. The zero-order chi connectivity index (χ0) is 12.5. The maximum absolute atomic E-state index is 13.2. The first kappa shape index (κ1) is 12.8. The van der Waals surface area contributed by atoms with Crippen LogP contribution in [0.4, 0.5) is 4.39 Å². The third-order valence-corrected chi connectivity index (χ3v) is 3.78. The van der Waals surface area contributed by atoms with Crippen molar-refractivity contribution in [2.24, 2.45) is 11.3 Å². The first-order valence-corrected chi connectivity index (χ1v) is 6.53. The summed E-state index contributed by atoms with van der Waals surface area (Å²) < 4.78 is 13.2. The summed E-state index contributed by atoms with van der Waals surface area (Å²) in [7, 11) is 0. The maximum atomic E-state index is 13.2. The summed E-state index contributed by atoms with van der Waals surface area (Å²) in [6.45, 7) is 6.48. The quantitative estimate of drug-likeness (QED) is 0.866. The standard InChI is InChI=1S/C14H19ClFN/c1-10(2)6-14(8-17-9-14)7-11-5-12(16)3-4-13(11)15/h3-5,10,17H,6-9H2,1-2H3. The van der Waals surface area contributed by atoms with E-state index in [1.807, 2.05) is 0 Å². The van der Waals surface area contributed by atoms with Gasteiger partial charge in [-0.05, 0) is 47.9 Å². The molecule has 94 valence electrons. The van der Waals surface area contributed by atoms with Gasteiger partial charge in [-0.2, -0.15) is 0 Å². The molecule has 1 saturated heterocycles. The van der Waals surface area contributed by atoms with Crippen LogP contribution in [-0.4, -0.2) is 13.1 Å². The van der Waals surface area contributed by atoms with E-state index in [0.29, 0.717) is 10.9 Å². The lowest BCUT2D eigenvalue weighted by molar-refractivity contribution is 0.131. The van der Waals surface area contributed by atoms with Crippen LogP contribution in [0.2, 0.25) is 5.02 Å². The molecule has 0 radical (unpaired) electrons. The first-order chi connectivity index (χ1) is 8.01. The van der Waals surface area contributed by atoms with E-state index in [1.54, 1.807) is 12.1 Å². The molecule has 1 aromatic rings. The van der Waals surface area contributed by atoms with Gasteiger partial charge < -0.3 is 5.32 Å². The number of halogens is 2. The summed E-state index contributed by atoms with van der Waals surface area (Å²) in [5.74, 6) is 0.459. The van der Waals surface area contributed by atoms with Gasteiger partial charge in [0.1, 0.15) is 5.82 Å². The Balaban J connectivity index is 2.15. The Bertz CT molecular complexity index is 399. The summed E-state index contributed by atoms with van der Waals surface area (Å²) in [5.41, 5.74) is 1.21. The predicted octanol–water partition coefficient (Wildman–Crippen LogP) is 3.66. The second-order valence-corrected chi connectivity index (χ2v) is 6.02. The van der Waals surface area contributed by atoms with E-state index in [9.17, 15) is 4.39 Å². The molecule has 0 bridgehead atoms. The van der Waals surface area contributed by atoms with Gasteiger partial charge in [-0.25, -0.2) is 4.39 Å². The van der Waals surface area contributed by atoms with Crippen molar-refractivity contribution in [2.45, 2.75) is 26.7 Å². The lowest BCUT2D eigenvalue weighted by Crippen LogP contribution is -2.55. The SMILES string of the molecule is CC(C)CC1(Cc2cc(F)ccc2Cl)CNC1. The van der Waals surface area contributed by atoms with Crippen LogP contribution in [0.25, 0.3) is 0 Å². The molecule has 0 aliphatic carbocycles. The molecule has 2 rings (SSSR count). The minimum atomic E-state index is -0.198. The number of benzene rings is 1. The summed E-state index contributed by atoms with van der Waals surface area (Å²) in [6.07, 6.45) is 2.03. The Morgan fingerprint density at radius 1 is 1.41 bits per heavy atom. The summed E-state index contributed by atoms with van der Waals surface area (Å²) in [6, 6.07) is 4.64. The Kier molecular flexibility index (Phi) is 3.74. The molecule has 1 nitrogen and oxygen atoms in total. The largest absolute Gasteiger partial charge is 0.316 e. The van der Waals surface area contributed by atoms with E-state index < -0.39 is 0 Å². The zero-order valence-corrected chi connectivity index (χ0v) is 11.1. The van der Waals surface area contributed by atoms with E-state index in [1.165, 1.54) is 6.07 Å². The Hall–Kier alpha value is -0.600. The van der Waals surface area contributed by atoms with Gasteiger partial charge in [0, 0.05) is 18.1 Å². The minimum absolute atomic E-state index is 0.198. The van der Waals surface area contributed by atoms with Crippen LogP contribution >= 0.6 is 11.6 Å². The van der Waals surface area contributed by atoms with Gasteiger partial charge in [-0.15, -0.1) is 0 Å². The highest BCUT2D eigenvalue weighted by Crippen LogP contribution is 2.36. The van der Waals surface area contributed by atoms with E-state index in [2.05, 4.69) is 19.2 Å². The average Bonchev–Trinajstić information content (AvgIpc) is 2.19. The highest BCUT2D eigenvalue weighted by atomic mass is 35.5. The molecule has 1 N–H and O–H groups in total. The zero-order valence-electron chi connectivity index (χ0n) is 10.4. The van der Waals surface area contributed by atoms with Crippen LogP contribution in [0, 0.1) is 17.2 Å². The third kappa shape index (κ3) is 2.99. The normalized spacial score (nSPS) is 18.2. The van der Waals surface area contributed by atoms with Crippen molar-refractivity contribution in [2.75, 3.05) is 13.1 Å². The van der Waals surface area contributed by atoms with E-state index in [0.717, 1.165) is 31.5 Å². The molecule has 1 fully saturated rings. The fourth-order valence-electron chi connectivity index (χ4n) is 2.77. The van der Waals surface area contributed by atoms with Crippen LogP contribution in [-0.2, 0) is 6.42 Å².